The van der Waals surface area contributed by atoms with Gasteiger partial charge >= 0.3 is 5.97 Å². The van der Waals surface area contributed by atoms with E-state index in [4.69, 9.17) is 10.3 Å². The first kappa shape index (κ1) is 16.0. The summed E-state index contributed by atoms with van der Waals surface area (Å²) in [6.45, 7) is 6.74. The van der Waals surface area contributed by atoms with E-state index >= 15 is 0 Å². The number of carbonyl (C=O) groups is 1. The maximum atomic E-state index is 12.1. The van der Waals surface area contributed by atoms with Gasteiger partial charge in [0.25, 0.3) is 0 Å². The molecule has 1 atom stereocenters. The van der Waals surface area contributed by atoms with Crippen LogP contribution < -0.4 is 5.32 Å². The monoisotopic (exact) mass is 280 g/mol. The molecule has 0 aromatic carbocycles. The number of nitrogens with one attached hydrogen (secondary N) is 2. The first-order chi connectivity index (χ1) is 9.61. The lowest BCUT2D eigenvalue weighted by molar-refractivity contribution is -0.145. The second-order valence-corrected chi connectivity index (χ2v) is 4.29. The SMILES string of the molecule is CCOC(=O)C(NCCCN=[N+]=[N-])c1c(C)n[nH]c1C. The molecule has 0 amide bonds. The average molecular weight is 280 g/mol. The largest absolute Gasteiger partial charge is 0.465 e. The quantitative estimate of drug-likeness (QED) is 0.249. The number of hydrogen-bond acceptors (Lipinski definition) is 5. The van der Waals surface area contributed by atoms with Gasteiger partial charge in [0.1, 0.15) is 6.04 Å². The fourth-order valence-corrected chi connectivity index (χ4v) is 1.95. The number of esters is 1. The van der Waals surface area contributed by atoms with Gasteiger partial charge in [-0.15, -0.1) is 0 Å². The summed E-state index contributed by atoms with van der Waals surface area (Å²) in [6.07, 6.45) is 0.649. The molecule has 0 aliphatic rings. The molecule has 1 unspecified atom stereocenters. The molecule has 0 aliphatic carbocycles. The van der Waals surface area contributed by atoms with Gasteiger partial charge in [-0.1, -0.05) is 5.11 Å². The molecule has 1 aromatic rings. The Morgan fingerprint density at radius 2 is 2.35 bits per heavy atom. The first-order valence-electron chi connectivity index (χ1n) is 6.54. The second kappa shape index (κ2) is 8.19. The minimum atomic E-state index is -0.556. The van der Waals surface area contributed by atoms with Crippen molar-refractivity contribution in [2.24, 2.45) is 5.11 Å². The number of azide groups is 1. The van der Waals surface area contributed by atoms with Crippen LogP contribution in [-0.4, -0.2) is 35.9 Å². The Balaban J connectivity index is 2.76. The van der Waals surface area contributed by atoms with E-state index in [0.717, 1.165) is 17.0 Å². The van der Waals surface area contributed by atoms with Crippen LogP contribution in [0.25, 0.3) is 10.4 Å². The molecule has 0 aliphatic heterocycles. The molecule has 0 spiro atoms. The summed E-state index contributed by atoms with van der Waals surface area (Å²) in [4.78, 5) is 14.7. The smallest absolute Gasteiger partial charge is 0.327 e. The van der Waals surface area contributed by atoms with Gasteiger partial charge in [0.2, 0.25) is 0 Å². The maximum absolute atomic E-state index is 12.1. The molecule has 1 aromatic heterocycles. The van der Waals surface area contributed by atoms with Gasteiger partial charge in [0.15, 0.2) is 0 Å². The number of ether oxygens (including phenoxy) is 1. The van der Waals surface area contributed by atoms with E-state index in [9.17, 15) is 4.79 Å². The zero-order valence-corrected chi connectivity index (χ0v) is 12.0. The van der Waals surface area contributed by atoms with E-state index < -0.39 is 6.04 Å². The van der Waals surface area contributed by atoms with E-state index in [-0.39, 0.29) is 5.97 Å². The van der Waals surface area contributed by atoms with Crippen LogP contribution in [0.15, 0.2) is 5.11 Å². The molecule has 0 bridgehead atoms. The molecule has 8 heteroatoms. The van der Waals surface area contributed by atoms with E-state index in [0.29, 0.717) is 26.1 Å². The van der Waals surface area contributed by atoms with E-state index in [1.54, 1.807) is 6.92 Å². The van der Waals surface area contributed by atoms with Crippen molar-refractivity contribution in [1.29, 1.82) is 0 Å². The molecule has 0 fully saturated rings. The number of rotatable bonds is 8. The van der Waals surface area contributed by atoms with Crippen LogP contribution in [0.3, 0.4) is 0 Å². The summed E-state index contributed by atoms with van der Waals surface area (Å²) in [5.41, 5.74) is 10.6. The molecule has 1 rings (SSSR count). The van der Waals surface area contributed by atoms with Crippen molar-refractivity contribution < 1.29 is 9.53 Å². The lowest BCUT2D eigenvalue weighted by Crippen LogP contribution is -2.32. The van der Waals surface area contributed by atoms with E-state index in [1.807, 2.05) is 13.8 Å². The molecule has 8 nitrogen and oxygen atoms in total. The number of aryl methyl sites for hydroxylation is 2. The number of aromatic amines is 1. The fourth-order valence-electron chi connectivity index (χ4n) is 1.95. The number of carbonyl (C=O) groups excluding carboxylic acids is 1. The number of hydrogen-bond donors (Lipinski definition) is 2. The first-order valence-corrected chi connectivity index (χ1v) is 6.54. The third kappa shape index (κ3) is 4.25. The Morgan fingerprint density at radius 1 is 1.60 bits per heavy atom. The summed E-state index contributed by atoms with van der Waals surface area (Å²) in [5, 5.41) is 13.5. The van der Waals surface area contributed by atoms with Crippen LogP contribution in [0.1, 0.15) is 36.3 Å². The molecule has 110 valence electrons. The second-order valence-electron chi connectivity index (χ2n) is 4.29. The Hall–Kier alpha value is -2.05. The molecule has 0 saturated carbocycles. The van der Waals surface area contributed by atoms with Crippen LogP contribution in [0.2, 0.25) is 0 Å². The maximum Gasteiger partial charge on any atom is 0.327 e. The van der Waals surface area contributed by atoms with Gasteiger partial charge in [-0.05, 0) is 39.3 Å². The summed E-state index contributed by atoms with van der Waals surface area (Å²) in [6, 6.07) is -0.556. The summed E-state index contributed by atoms with van der Waals surface area (Å²) >= 11 is 0. The van der Waals surface area contributed by atoms with Crippen molar-refractivity contribution in [2.45, 2.75) is 33.2 Å². The van der Waals surface area contributed by atoms with Gasteiger partial charge in [-0.3, -0.25) is 5.10 Å². The van der Waals surface area contributed by atoms with Crippen molar-refractivity contribution in [3.8, 4) is 0 Å². The molecule has 0 radical (unpaired) electrons. The highest BCUT2D eigenvalue weighted by Crippen LogP contribution is 2.21. The normalized spacial score (nSPS) is 11.8. The third-order valence-corrected chi connectivity index (χ3v) is 2.84. The van der Waals surface area contributed by atoms with Gasteiger partial charge in [0, 0.05) is 22.7 Å². The zero-order chi connectivity index (χ0) is 15.0. The standard InChI is InChI=1S/C12H20N6O2/c1-4-20-12(19)11(14-6-5-7-15-18-13)10-8(2)16-17-9(10)3/h11,14H,4-7H2,1-3H3,(H,16,17). The Labute approximate surface area is 117 Å². The van der Waals surface area contributed by atoms with Crippen LogP contribution in [0.4, 0.5) is 0 Å². The van der Waals surface area contributed by atoms with Crippen molar-refractivity contribution in [3.63, 3.8) is 0 Å². The molecular weight excluding hydrogens is 260 g/mol. The zero-order valence-electron chi connectivity index (χ0n) is 12.0. The van der Waals surface area contributed by atoms with Crippen LogP contribution >= 0.6 is 0 Å². The predicted molar refractivity (Wildman–Crippen MR) is 74.1 cm³/mol. The van der Waals surface area contributed by atoms with Crippen LogP contribution in [0.5, 0.6) is 0 Å². The topological polar surface area (TPSA) is 116 Å². The lowest BCUT2D eigenvalue weighted by atomic mass is 10.0. The van der Waals surface area contributed by atoms with Crippen molar-refractivity contribution >= 4 is 5.97 Å². The van der Waals surface area contributed by atoms with Gasteiger partial charge in [-0.25, -0.2) is 4.79 Å². The summed E-state index contributed by atoms with van der Waals surface area (Å²) < 4.78 is 5.09. The van der Waals surface area contributed by atoms with Crippen LogP contribution in [-0.2, 0) is 9.53 Å². The Morgan fingerprint density at radius 3 is 2.90 bits per heavy atom. The van der Waals surface area contributed by atoms with Crippen LogP contribution in [0, 0.1) is 13.8 Å². The number of H-pyrrole nitrogens is 1. The molecule has 20 heavy (non-hydrogen) atoms. The third-order valence-electron chi connectivity index (χ3n) is 2.84. The Bertz CT molecular complexity index is 473. The van der Waals surface area contributed by atoms with Gasteiger partial charge < -0.3 is 10.1 Å². The van der Waals surface area contributed by atoms with Gasteiger partial charge in [0.05, 0.1) is 12.3 Å². The minimum Gasteiger partial charge on any atom is -0.465 e. The van der Waals surface area contributed by atoms with E-state index in [1.165, 1.54) is 0 Å². The fraction of sp³-hybridized carbons (Fsp3) is 0.667. The predicted octanol–water partition coefficient (Wildman–Crippen LogP) is 1.92. The Kier molecular flexibility index (Phi) is 6.55. The number of aromatic nitrogens is 2. The minimum absolute atomic E-state index is 0.325. The molecule has 2 N–H and O–H groups in total. The highest BCUT2D eigenvalue weighted by molar-refractivity contribution is 5.78. The summed E-state index contributed by atoms with van der Waals surface area (Å²) in [7, 11) is 0. The summed E-state index contributed by atoms with van der Waals surface area (Å²) in [5.74, 6) is -0.330. The molecule has 0 saturated heterocycles. The lowest BCUT2D eigenvalue weighted by Gasteiger charge is -2.17. The van der Waals surface area contributed by atoms with Crippen molar-refractivity contribution in [3.05, 3.63) is 27.4 Å². The van der Waals surface area contributed by atoms with Crippen molar-refractivity contribution in [2.75, 3.05) is 19.7 Å². The number of nitrogens with zero attached hydrogens (tertiary/aromatic N) is 4. The molecule has 1 heterocycles. The highest BCUT2D eigenvalue weighted by atomic mass is 16.5. The molecular formula is C12H20N6O2. The highest BCUT2D eigenvalue weighted by Gasteiger charge is 2.26. The van der Waals surface area contributed by atoms with E-state index in [2.05, 4.69) is 25.5 Å². The average Bonchev–Trinajstić information content (AvgIpc) is 2.74. The van der Waals surface area contributed by atoms with Gasteiger partial charge in [-0.2, -0.15) is 5.10 Å². The van der Waals surface area contributed by atoms with Crippen molar-refractivity contribution in [1.82, 2.24) is 15.5 Å².